The molecule has 4 nitrogen and oxygen atoms in total. The Hall–Kier alpha value is -1.54. The highest BCUT2D eigenvalue weighted by atomic mass is 79.9. The summed E-state index contributed by atoms with van der Waals surface area (Å²) in [7, 11) is 0. The molecule has 1 aliphatic rings. The number of hydrogen-bond acceptors (Lipinski definition) is 3. The molecule has 1 heterocycles. The van der Waals surface area contributed by atoms with E-state index >= 15 is 0 Å². The second-order valence-corrected chi connectivity index (χ2v) is 5.73. The summed E-state index contributed by atoms with van der Waals surface area (Å²) in [5.41, 5.74) is 0.657. The highest BCUT2D eigenvalue weighted by Gasteiger charge is 2.40. The zero-order valence-electron chi connectivity index (χ0n) is 9.98. The molecule has 1 N–H and O–H groups in total. The first-order valence-corrected chi connectivity index (χ1v) is 6.43. The van der Waals surface area contributed by atoms with Crippen molar-refractivity contribution in [1.82, 2.24) is 0 Å². The van der Waals surface area contributed by atoms with E-state index in [2.05, 4.69) is 22.0 Å². The van der Waals surface area contributed by atoms with Gasteiger partial charge in [0.25, 0.3) is 0 Å². The average Bonchev–Trinajstić information content (AvgIpc) is 2.73. The summed E-state index contributed by atoms with van der Waals surface area (Å²) < 4.78 is 0.850. The summed E-state index contributed by atoms with van der Waals surface area (Å²) in [6.07, 6.45) is 0.600. The van der Waals surface area contributed by atoms with E-state index in [1.807, 2.05) is 17.0 Å². The lowest BCUT2D eigenvalue weighted by molar-refractivity contribution is -0.146. The van der Waals surface area contributed by atoms with Gasteiger partial charge in [-0.3, -0.25) is 4.79 Å². The lowest BCUT2D eigenvalue weighted by Crippen LogP contribution is -2.31. The molecule has 0 aromatic heterocycles. The molecule has 18 heavy (non-hydrogen) atoms. The number of halogens is 1. The van der Waals surface area contributed by atoms with Crippen molar-refractivity contribution in [2.45, 2.75) is 13.3 Å². The zero-order valence-corrected chi connectivity index (χ0v) is 11.6. The van der Waals surface area contributed by atoms with Crippen molar-refractivity contribution in [3.8, 4) is 6.07 Å². The van der Waals surface area contributed by atoms with E-state index in [0.717, 1.165) is 10.2 Å². The number of carboxylic acids is 1. The van der Waals surface area contributed by atoms with Crippen LogP contribution in [0.15, 0.2) is 22.7 Å². The molecule has 1 aliphatic heterocycles. The molecule has 5 heteroatoms. The van der Waals surface area contributed by atoms with Gasteiger partial charge in [0.05, 0.1) is 16.7 Å². The first-order chi connectivity index (χ1) is 8.46. The predicted octanol–water partition coefficient (Wildman–Crippen LogP) is 2.62. The van der Waals surface area contributed by atoms with E-state index in [4.69, 9.17) is 5.26 Å². The standard InChI is InChI=1S/C13H13BrN2O2/c1-13(12(17)18)4-5-16(8-13)11-3-2-10(14)6-9(11)7-15/h2-3,6H,4-5,8H2,1H3,(H,17,18). The fourth-order valence-electron chi connectivity index (χ4n) is 2.21. The first-order valence-electron chi connectivity index (χ1n) is 5.64. The number of carboxylic acid groups (broad SMARTS) is 1. The Morgan fingerprint density at radius 3 is 2.89 bits per heavy atom. The van der Waals surface area contributed by atoms with Gasteiger partial charge < -0.3 is 10.0 Å². The molecule has 1 aromatic rings. The number of carbonyl (C=O) groups is 1. The lowest BCUT2D eigenvalue weighted by atomic mass is 9.90. The number of anilines is 1. The minimum absolute atomic E-state index is 0.443. The summed E-state index contributed by atoms with van der Waals surface area (Å²) in [5.74, 6) is -0.777. The van der Waals surface area contributed by atoms with E-state index in [9.17, 15) is 9.90 Å². The van der Waals surface area contributed by atoms with Crippen molar-refractivity contribution in [3.05, 3.63) is 28.2 Å². The number of nitriles is 1. The van der Waals surface area contributed by atoms with Crippen LogP contribution in [0.4, 0.5) is 5.69 Å². The van der Waals surface area contributed by atoms with Crippen molar-refractivity contribution >= 4 is 27.6 Å². The van der Waals surface area contributed by atoms with Gasteiger partial charge in [0, 0.05) is 17.6 Å². The van der Waals surface area contributed by atoms with Crippen molar-refractivity contribution in [3.63, 3.8) is 0 Å². The molecule has 0 spiro atoms. The van der Waals surface area contributed by atoms with Gasteiger partial charge in [-0.25, -0.2) is 0 Å². The molecule has 0 amide bonds. The van der Waals surface area contributed by atoms with Crippen LogP contribution in [0.25, 0.3) is 0 Å². The maximum absolute atomic E-state index is 11.2. The Kier molecular flexibility index (Phi) is 3.31. The molecule has 0 bridgehead atoms. The topological polar surface area (TPSA) is 64.3 Å². The Labute approximate surface area is 114 Å². The van der Waals surface area contributed by atoms with E-state index in [0.29, 0.717) is 25.1 Å². The third-order valence-corrected chi connectivity index (χ3v) is 3.90. The fraction of sp³-hybridized carbons (Fsp3) is 0.385. The van der Waals surface area contributed by atoms with Crippen molar-refractivity contribution < 1.29 is 9.90 Å². The Morgan fingerprint density at radius 2 is 2.33 bits per heavy atom. The van der Waals surface area contributed by atoms with Crippen LogP contribution >= 0.6 is 15.9 Å². The third kappa shape index (κ3) is 2.21. The van der Waals surface area contributed by atoms with Crippen LogP contribution in [0, 0.1) is 16.7 Å². The molecule has 1 aromatic carbocycles. The van der Waals surface area contributed by atoms with Crippen LogP contribution in [0.3, 0.4) is 0 Å². The largest absolute Gasteiger partial charge is 0.481 e. The predicted molar refractivity (Wildman–Crippen MR) is 71.4 cm³/mol. The lowest BCUT2D eigenvalue weighted by Gasteiger charge is -2.22. The highest BCUT2D eigenvalue weighted by Crippen LogP contribution is 2.35. The van der Waals surface area contributed by atoms with Crippen molar-refractivity contribution in [1.29, 1.82) is 5.26 Å². The Morgan fingerprint density at radius 1 is 1.61 bits per heavy atom. The highest BCUT2D eigenvalue weighted by molar-refractivity contribution is 9.10. The van der Waals surface area contributed by atoms with E-state index in [1.54, 1.807) is 13.0 Å². The van der Waals surface area contributed by atoms with Crippen LogP contribution < -0.4 is 4.90 Å². The molecule has 1 fully saturated rings. The van der Waals surface area contributed by atoms with Crippen LogP contribution in [0.2, 0.25) is 0 Å². The minimum Gasteiger partial charge on any atom is -0.481 e. The second kappa shape index (κ2) is 4.62. The molecule has 0 aliphatic carbocycles. The van der Waals surface area contributed by atoms with E-state index < -0.39 is 11.4 Å². The minimum atomic E-state index is -0.777. The summed E-state index contributed by atoms with van der Waals surface area (Å²) in [6, 6.07) is 7.63. The fourth-order valence-corrected chi connectivity index (χ4v) is 2.58. The summed E-state index contributed by atoms with van der Waals surface area (Å²) >= 11 is 3.33. The quantitative estimate of drug-likeness (QED) is 0.912. The molecule has 94 valence electrons. The molecular weight excluding hydrogens is 296 g/mol. The average molecular weight is 309 g/mol. The third-order valence-electron chi connectivity index (χ3n) is 3.41. The summed E-state index contributed by atoms with van der Waals surface area (Å²) in [5, 5.41) is 18.3. The summed E-state index contributed by atoms with van der Waals surface area (Å²) in [4.78, 5) is 13.2. The van der Waals surface area contributed by atoms with Gasteiger partial charge in [-0.05, 0) is 31.5 Å². The van der Waals surface area contributed by atoms with Crippen LogP contribution in [0.1, 0.15) is 18.9 Å². The van der Waals surface area contributed by atoms with E-state index in [-0.39, 0.29) is 0 Å². The van der Waals surface area contributed by atoms with Gasteiger partial charge in [0.1, 0.15) is 6.07 Å². The smallest absolute Gasteiger partial charge is 0.311 e. The van der Waals surface area contributed by atoms with Crippen LogP contribution in [-0.2, 0) is 4.79 Å². The van der Waals surface area contributed by atoms with E-state index in [1.165, 1.54) is 0 Å². The number of hydrogen-bond donors (Lipinski definition) is 1. The number of benzene rings is 1. The molecule has 0 saturated carbocycles. The molecule has 2 rings (SSSR count). The maximum Gasteiger partial charge on any atom is 0.311 e. The molecular formula is C13H13BrN2O2. The molecule has 1 atom stereocenters. The van der Waals surface area contributed by atoms with Crippen LogP contribution in [0.5, 0.6) is 0 Å². The van der Waals surface area contributed by atoms with Crippen molar-refractivity contribution in [2.24, 2.45) is 5.41 Å². The van der Waals surface area contributed by atoms with Gasteiger partial charge in [-0.2, -0.15) is 5.26 Å². The van der Waals surface area contributed by atoms with Crippen LogP contribution in [-0.4, -0.2) is 24.2 Å². The maximum atomic E-state index is 11.2. The van der Waals surface area contributed by atoms with Gasteiger partial charge >= 0.3 is 5.97 Å². The van der Waals surface area contributed by atoms with Gasteiger partial charge in [-0.15, -0.1) is 0 Å². The SMILES string of the molecule is CC1(C(=O)O)CCN(c2ccc(Br)cc2C#N)C1. The monoisotopic (exact) mass is 308 g/mol. The number of nitrogens with zero attached hydrogens (tertiary/aromatic N) is 2. The Balaban J connectivity index is 2.30. The van der Waals surface area contributed by atoms with Gasteiger partial charge in [0.15, 0.2) is 0 Å². The Bertz CT molecular complexity index is 538. The first kappa shape index (κ1) is 12.9. The number of aliphatic carboxylic acids is 1. The zero-order chi connectivity index (χ0) is 13.3. The summed E-state index contributed by atoms with van der Waals surface area (Å²) in [6.45, 7) is 2.86. The van der Waals surface area contributed by atoms with Gasteiger partial charge in [0.2, 0.25) is 0 Å². The molecule has 0 radical (unpaired) electrons. The molecule has 1 unspecified atom stereocenters. The van der Waals surface area contributed by atoms with Crippen molar-refractivity contribution in [2.75, 3.05) is 18.0 Å². The normalized spacial score (nSPS) is 22.8. The number of rotatable bonds is 2. The van der Waals surface area contributed by atoms with Gasteiger partial charge in [-0.1, -0.05) is 15.9 Å². The molecule has 1 saturated heterocycles. The second-order valence-electron chi connectivity index (χ2n) is 4.81.